The van der Waals surface area contributed by atoms with Gasteiger partial charge in [-0.05, 0) is 13.3 Å². The Bertz CT molecular complexity index is 89.8. The van der Waals surface area contributed by atoms with Crippen LogP contribution in [-0.2, 0) is 9.53 Å². The molecule has 0 saturated heterocycles. The van der Waals surface area contributed by atoms with Crippen molar-refractivity contribution in [3.63, 3.8) is 0 Å². The van der Waals surface area contributed by atoms with E-state index in [0.717, 1.165) is 19.3 Å². The van der Waals surface area contributed by atoms with Crippen LogP contribution in [0.4, 0.5) is 0 Å². The smallest absolute Gasteiger partial charge is 0.305 e. The average Bonchev–Trinajstić information content (AvgIpc) is 1.89. The summed E-state index contributed by atoms with van der Waals surface area (Å²) in [5, 5.41) is 0. The van der Waals surface area contributed by atoms with Crippen LogP contribution in [0.5, 0.6) is 0 Å². The minimum absolute atomic E-state index is 0. The van der Waals surface area contributed by atoms with Gasteiger partial charge < -0.3 is 4.74 Å². The summed E-state index contributed by atoms with van der Waals surface area (Å²) in [6.07, 6.45) is 3.83. The molecule has 0 saturated carbocycles. The van der Waals surface area contributed by atoms with Crippen molar-refractivity contribution in [1.29, 1.82) is 0 Å². The van der Waals surface area contributed by atoms with Crippen LogP contribution in [0.15, 0.2) is 0 Å². The quantitative estimate of drug-likeness (QED) is 0.474. The van der Waals surface area contributed by atoms with Crippen molar-refractivity contribution in [2.75, 3.05) is 6.61 Å². The van der Waals surface area contributed by atoms with Gasteiger partial charge in [0, 0.05) is 6.42 Å². The maximum atomic E-state index is 10.7. The first kappa shape index (κ1) is 17.5. The second kappa shape index (κ2) is 13.1. The van der Waals surface area contributed by atoms with Gasteiger partial charge in [0.25, 0.3) is 0 Å². The van der Waals surface area contributed by atoms with Crippen molar-refractivity contribution in [2.45, 2.75) is 54.4 Å². The minimum Gasteiger partial charge on any atom is -0.466 e. The maximum absolute atomic E-state index is 10.7. The molecule has 2 heteroatoms. The first-order valence-electron chi connectivity index (χ1n) is 3.96. The van der Waals surface area contributed by atoms with Crippen LogP contribution in [0.2, 0.25) is 0 Å². The molecule has 0 N–H and O–H groups in total. The van der Waals surface area contributed by atoms with Crippen molar-refractivity contribution >= 4 is 5.97 Å². The predicted molar refractivity (Wildman–Crippen MR) is 54.2 cm³/mol. The van der Waals surface area contributed by atoms with E-state index in [1.54, 1.807) is 0 Å². The van der Waals surface area contributed by atoms with Gasteiger partial charge in [-0.3, -0.25) is 4.79 Å². The molecule has 76 valence electrons. The standard InChI is InChI=1S/C8H16O2.2CH4/c1-3-5-6-7-8(9)10-4-2;;/h3-7H2,1-2H3;2*1H4. The summed E-state index contributed by atoms with van der Waals surface area (Å²) in [4.78, 5) is 10.7. The van der Waals surface area contributed by atoms with E-state index in [1.165, 1.54) is 0 Å². The van der Waals surface area contributed by atoms with Gasteiger partial charge >= 0.3 is 5.97 Å². The second-order valence-corrected chi connectivity index (χ2v) is 2.26. The van der Waals surface area contributed by atoms with E-state index >= 15 is 0 Å². The Morgan fingerprint density at radius 2 is 1.75 bits per heavy atom. The van der Waals surface area contributed by atoms with Crippen LogP contribution in [0.25, 0.3) is 0 Å². The van der Waals surface area contributed by atoms with Crippen molar-refractivity contribution < 1.29 is 9.53 Å². The molecule has 0 radical (unpaired) electrons. The highest BCUT2D eigenvalue weighted by Gasteiger charge is 1.98. The molecule has 0 aromatic heterocycles. The molecular weight excluding hydrogens is 152 g/mol. The zero-order chi connectivity index (χ0) is 7.82. The molecule has 0 fully saturated rings. The number of ether oxygens (including phenoxy) is 1. The van der Waals surface area contributed by atoms with Gasteiger partial charge in [-0.2, -0.15) is 0 Å². The molecule has 0 bridgehead atoms. The molecule has 0 amide bonds. The molecule has 0 heterocycles. The number of carbonyl (C=O) groups is 1. The number of rotatable bonds is 5. The Morgan fingerprint density at radius 1 is 1.17 bits per heavy atom. The second-order valence-electron chi connectivity index (χ2n) is 2.26. The number of unbranched alkanes of at least 4 members (excludes halogenated alkanes) is 2. The van der Waals surface area contributed by atoms with E-state index in [-0.39, 0.29) is 20.8 Å². The summed E-state index contributed by atoms with van der Waals surface area (Å²) >= 11 is 0. The minimum atomic E-state index is -0.0593. The third kappa shape index (κ3) is 12.2. The zero-order valence-electron chi connectivity index (χ0n) is 6.85. The van der Waals surface area contributed by atoms with E-state index in [0.29, 0.717) is 13.0 Å². The lowest BCUT2D eigenvalue weighted by Gasteiger charge is -1.99. The molecule has 0 spiro atoms. The highest BCUT2D eigenvalue weighted by molar-refractivity contribution is 5.69. The fourth-order valence-corrected chi connectivity index (χ4v) is 0.752. The summed E-state index contributed by atoms with van der Waals surface area (Å²) in [6, 6.07) is 0. The molecule has 0 unspecified atom stereocenters. The molecule has 0 aliphatic heterocycles. The van der Waals surface area contributed by atoms with Crippen LogP contribution in [-0.4, -0.2) is 12.6 Å². The van der Waals surface area contributed by atoms with Crippen LogP contribution < -0.4 is 0 Å². The monoisotopic (exact) mass is 176 g/mol. The first-order chi connectivity index (χ1) is 4.81. The number of hydrogen-bond acceptors (Lipinski definition) is 2. The molecule has 12 heavy (non-hydrogen) atoms. The van der Waals surface area contributed by atoms with Crippen LogP contribution in [0, 0.1) is 0 Å². The van der Waals surface area contributed by atoms with Crippen molar-refractivity contribution in [3.8, 4) is 0 Å². The van der Waals surface area contributed by atoms with Gasteiger partial charge in [0.15, 0.2) is 0 Å². The number of hydrogen-bond donors (Lipinski definition) is 0. The molecule has 0 aliphatic carbocycles. The van der Waals surface area contributed by atoms with Gasteiger partial charge in [-0.15, -0.1) is 0 Å². The third-order valence-corrected chi connectivity index (χ3v) is 1.29. The Hall–Kier alpha value is -0.530. The summed E-state index contributed by atoms with van der Waals surface area (Å²) in [6.45, 7) is 4.45. The SMILES string of the molecule is C.C.CCCCCC(=O)OCC. The average molecular weight is 176 g/mol. The van der Waals surface area contributed by atoms with E-state index in [9.17, 15) is 4.79 Å². The van der Waals surface area contributed by atoms with E-state index in [1.807, 2.05) is 6.92 Å². The zero-order valence-corrected chi connectivity index (χ0v) is 6.85. The molecule has 0 atom stereocenters. The Morgan fingerprint density at radius 3 is 2.17 bits per heavy atom. The van der Waals surface area contributed by atoms with E-state index < -0.39 is 0 Å². The molecule has 0 aromatic rings. The Labute approximate surface area is 77.3 Å². The highest BCUT2D eigenvalue weighted by Crippen LogP contribution is 1.99. The number of esters is 1. The van der Waals surface area contributed by atoms with Gasteiger partial charge in [0.2, 0.25) is 0 Å². The molecule has 2 nitrogen and oxygen atoms in total. The van der Waals surface area contributed by atoms with Crippen molar-refractivity contribution in [3.05, 3.63) is 0 Å². The summed E-state index contributed by atoms with van der Waals surface area (Å²) in [7, 11) is 0. The lowest BCUT2D eigenvalue weighted by atomic mass is 10.2. The van der Waals surface area contributed by atoms with Crippen LogP contribution in [0.3, 0.4) is 0 Å². The topological polar surface area (TPSA) is 26.3 Å². The molecule has 0 aromatic carbocycles. The predicted octanol–water partition coefficient (Wildman–Crippen LogP) is 3.40. The van der Waals surface area contributed by atoms with Gasteiger partial charge in [-0.1, -0.05) is 34.6 Å². The fraction of sp³-hybridized carbons (Fsp3) is 0.900. The van der Waals surface area contributed by atoms with Gasteiger partial charge in [-0.25, -0.2) is 0 Å². The maximum Gasteiger partial charge on any atom is 0.305 e. The lowest BCUT2D eigenvalue weighted by Crippen LogP contribution is -2.02. The van der Waals surface area contributed by atoms with E-state index in [4.69, 9.17) is 4.74 Å². The normalized spacial score (nSPS) is 7.83. The molecule has 0 aliphatic rings. The van der Waals surface area contributed by atoms with E-state index in [2.05, 4.69) is 6.92 Å². The van der Waals surface area contributed by atoms with Crippen LogP contribution >= 0.6 is 0 Å². The third-order valence-electron chi connectivity index (χ3n) is 1.29. The summed E-state index contributed by atoms with van der Waals surface area (Å²) in [5.74, 6) is -0.0593. The molecule has 0 rings (SSSR count). The summed E-state index contributed by atoms with van der Waals surface area (Å²) < 4.78 is 4.75. The van der Waals surface area contributed by atoms with Gasteiger partial charge in [0.05, 0.1) is 6.61 Å². The number of carbonyl (C=O) groups excluding carboxylic acids is 1. The lowest BCUT2D eigenvalue weighted by molar-refractivity contribution is -0.143. The first-order valence-corrected chi connectivity index (χ1v) is 3.96. The fourth-order valence-electron chi connectivity index (χ4n) is 0.752. The summed E-state index contributed by atoms with van der Waals surface area (Å²) in [5.41, 5.74) is 0. The Kier molecular flexibility index (Phi) is 19.1. The van der Waals surface area contributed by atoms with Crippen molar-refractivity contribution in [1.82, 2.24) is 0 Å². The Balaban J connectivity index is -0.000000405. The highest BCUT2D eigenvalue weighted by atomic mass is 16.5. The van der Waals surface area contributed by atoms with Crippen molar-refractivity contribution in [2.24, 2.45) is 0 Å². The molecular formula is C10H24O2. The van der Waals surface area contributed by atoms with Crippen LogP contribution in [0.1, 0.15) is 54.4 Å². The van der Waals surface area contributed by atoms with Gasteiger partial charge in [0.1, 0.15) is 0 Å². The largest absolute Gasteiger partial charge is 0.466 e.